The van der Waals surface area contributed by atoms with E-state index in [2.05, 4.69) is 9.88 Å². The van der Waals surface area contributed by atoms with Crippen molar-refractivity contribution in [3.8, 4) is 0 Å². The topological polar surface area (TPSA) is 76.3 Å². The van der Waals surface area contributed by atoms with Crippen LogP contribution < -0.4 is 10.6 Å². The number of anilines is 2. The fourth-order valence-corrected chi connectivity index (χ4v) is 5.11. The van der Waals surface area contributed by atoms with Gasteiger partial charge in [-0.1, -0.05) is 0 Å². The van der Waals surface area contributed by atoms with Gasteiger partial charge in [0.2, 0.25) is 0 Å². The van der Waals surface area contributed by atoms with Gasteiger partial charge in [0.25, 0.3) is 0 Å². The molecule has 1 aromatic carbocycles. The van der Waals surface area contributed by atoms with Crippen LogP contribution in [0.15, 0.2) is 12.1 Å². The molecule has 1 aromatic heterocycles. The number of nitrogens with zero attached hydrogens (tertiary/aromatic N) is 2. The fraction of sp³-hybridized carbons (Fsp3) is 0.462. The van der Waals surface area contributed by atoms with Crippen molar-refractivity contribution in [2.75, 3.05) is 28.7 Å². The summed E-state index contributed by atoms with van der Waals surface area (Å²) in [5.41, 5.74) is 8.65. The number of rotatable bonds is 1. The van der Waals surface area contributed by atoms with Crippen LogP contribution in [0.5, 0.6) is 0 Å². The van der Waals surface area contributed by atoms with Crippen LogP contribution in [0.1, 0.15) is 11.9 Å². The highest BCUT2D eigenvalue weighted by Gasteiger charge is 2.29. The maximum absolute atomic E-state index is 11.7. The molecule has 1 aliphatic rings. The molecule has 0 bridgehead atoms. The van der Waals surface area contributed by atoms with Gasteiger partial charge in [-0.05, 0) is 26.0 Å². The molecule has 108 valence electrons. The Balaban J connectivity index is 2.03. The third-order valence-corrected chi connectivity index (χ3v) is 6.35. The average molecular weight is 311 g/mol. The summed E-state index contributed by atoms with van der Waals surface area (Å²) in [4.78, 5) is 6.56. The lowest BCUT2D eigenvalue weighted by atomic mass is 10.2. The molecule has 0 saturated carbocycles. The second kappa shape index (κ2) is 4.60. The Bertz CT molecular complexity index is 767. The largest absolute Gasteiger partial charge is 0.397 e. The van der Waals surface area contributed by atoms with Crippen LogP contribution >= 0.6 is 11.3 Å². The van der Waals surface area contributed by atoms with Crippen molar-refractivity contribution >= 4 is 42.8 Å². The minimum absolute atomic E-state index is 0.0618. The Hall–Kier alpha value is -1.34. The van der Waals surface area contributed by atoms with E-state index < -0.39 is 9.84 Å². The molecule has 3 rings (SSSR count). The van der Waals surface area contributed by atoms with Crippen molar-refractivity contribution in [3.63, 3.8) is 0 Å². The normalized spacial score (nSPS) is 22.3. The predicted octanol–water partition coefficient (Wildman–Crippen LogP) is 1.81. The molecule has 0 radical (unpaired) electrons. The predicted molar refractivity (Wildman–Crippen MR) is 84.2 cm³/mol. The molecule has 1 saturated heterocycles. The quantitative estimate of drug-likeness (QED) is 0.813. The molecule has 0 amide bonds. The number of nitrogen functional groups attached to an aromatic ring is 1. The van der Waals surface area contributed by atoms with Crippen LogP contribution in [0, 0.1) is 6.92 Å². The number of aryl methyl sites for hydroxylation is 1. The molecule has 1 aliphatic heterocycles. The van der Waals surface area contributed by atoms with E-state index in [1.54, 1.807) is 11.3 Å². The van der Waals surface area contributed by atoms with Crippen LogP contribution in [-0.4, -0.2) is 37.5 Å². The van der Waals surface area contributed by atoms with Crippen molar-refractivity contribution < 1.29 is 8.42 Å². The van der Waals surface area contributed by atoms with Crippen molar-refractivity contribution in [1.82, 2.24) is 4.98 Å². The minimum atomic E-state index is -2.92. The van der Waals surface area contributed by atoms with Gasteiger partial charge in [0.15, 0.2) is 9.84 Å². The van der Waals surface area contributed by atoms with E-state index in [4.69, 9.17) is 5.73 Å². The number of thiazole rings is 1. The molecule has 2 N–H and O–H groups in total. The monoisotopic (exact) mass is 311 g/mol. The van der Waals surface area contributed by atoms with Crippen molar-refractivity contribution in [2.45, 2.75) is 19.9 Å². The Morgan fingerprint density at radius 1 is 1.45 bits per heavy atom. The Morgan fingerprint density at radius 3 is 2.90 bits per heavy atom. The third-order valence-electron chi connectivity index (χ3n) is 3.62. The van der Waals surface area contributed by atoms with Crippen LogP contribution in [0.25, 0.3) is 10.2 Å². The smallest absolute Gasteiger partial charge is 0.154 e. The molecule has 5 nitrogen and oxygen atoms in total. The zero-order valence-corrected chi connectivity index (χ0v) is 13.1. The van der Waals surface area contributed by atoms with E-state index in [0.29, 0.717) is 12.2 Å². The summed E-state index contributed by atoms with van der Waals surface area (Å²) in [7, 11) is -2.92. The molecule has 1 fully saturated rings. The zero-order chi connectivity index (χ0) is 14.5. The molecular weight excluding hydrogens is 294 g/mol. The van der Waals surface area contributed by atoms with Crippen molar-refractivity contribution in [1.29, 1.82) is 0 Å². The lowest BCUT2D eigenvalue weighted by molar-refractivity contribution is 0.568. The van der Waals surface area contributed by atoms with Crippen molar-refractivity contribution in [3.05, 3.63) is 17.1 Å². The summed E-state index contributed by atoms with van der Waals surface area (Å²) in [6.45, 7) is 4.38. The molecule has 2 aromatic rings. The van der Waals surface area contributed by atoms with E-state index in [1.807, 2.05) is 26.0 Å². The number of fused-ring (bicyclic) bond motifs is 1. The van der Waals surface area contributed by atoms with Gasteiger partial charge in [0.1, 0.15) is 0 Å². The second-order valence-electron chi connectivity index (χ2n) is 5.27. The fourth-order valence-electron chi connectivity index (χ4n) is 2.70. The molecule has 20 heavy (non-hydrogen) atoms. The average Bonchev–Trinajstić information content (AvgIpc) is 2.66. The number of nitrogens with two attached hydrogens (primary N) is 1. The van der Waals surface area contributed by atoms with Gasteiger partial charge in [0, 0.05) is 12.6 Å². The summed E-state index contributed by atoms with van der Waals surface area (Å²) in [6, 6.07) is 3.85. The molecule has 1 atom stereocenters. The first-order valence-electron chi connectivity index (χ1n) is 6.49. The number of benzene rings is 1. The summed E-state index contributed by atoms with van der Waals surface area (Å²) in [5.74, 6) is 0.367. The third kappa shape index (κ3) is 2.35. The van der Waals surface area contributed by atoms with E-state index in [9.17, 15) is 8.42 Å². The van der Waals surface area contributed by atoms with Gasteiger partial charge >= 0.3 is 0 Å². The van der Waals surface area contributed by atoms with Gasteiger partial charge in [0.05, 0.1) is 38.1 Å². The van der Waals surface area contributed by atoms with E-state index in [-0.39, 0.29) is 17.5 Å². The van der Waals surface area contributed by atoms with Crippen LogP contribution in [0.4, 0.5) is 11.4 Å². The van der Waals surface area contributed by atoms with Gasteiger partial charge in [-0.2, -0.15) is 0 Å². The van der Waals surface area contributed by atoms with E-state index >= 15 is 0 Å². The Morgan fingerprint density at radius 2 is 2.20 bits per heavy atom. The first-order valence-corrected chi connectivity index (χ1v) is 9.13. The first kappa shape index (κ1) is 13.6. The Kier molecular flexibility index (Phi) is 3.13. The maximum atomic E-state index is 11.7. The van der Waals surface area contributed by atoms with Crippen molar-refractivity contribution in [2.24, 2.45) is 0 Å². The minimum Gasteiger partial charge on any atom is -0.397 e. The number of aromatic nitrogens is 1. The first-order chi connectivity index (χ1) is 9.35. The molecule has 1 unspecified atom stereocenters. The second-order valence-corrected chi connectivity index (χ2v) is 8.73. The SMILES string of the molecule is Cc1nc2cc(N3CCS(=O)(=O)CC3C)c(N)cc2s1. The van der Waals surface area contributed by atoms with Gasteiger partial charge in [-0.3, -0.25) is 0 Å². The van der Waals surface area contributed by atoms with Crippen LogP contribution in [-0.2, 0) is 9.84 Å². The Labute approximate surface area is 122 Å². The van der Waals surface area contributed by atoms with Crippen LogP contribution in [0.3, 0.4) is 0 Å². The summed E-state index contributed by atoms with van der Waals surface area (Å²) in [6.07, 6.45) is 0. The van der Waals surface area contributed by atoms with Crippen LogP contribution in [0.2, 0.25) is 0 Å². The highest BCUT2D eigenvalue weighted by molar-refractivity contribution is 7.91. The molecule has 0 aliphatic carbocycles. The van der Waals surface area contributed by atoms with Gasteiger partial charge in [-0.25, -0.2) is 13.4 Å². The molecular formula is C13H17N3O2S2. The maximum Gasteiger partial charge on any atom is 0.154 e. The zero-order valence-electron chi connectivity index (χ0n) is 11.5. The van der Waals surface area contributed by atoms with Gasteiger partial charge in [-0.15, -0.1) is 11.3 Å². The van der Waals surface area contributed by atoms with E-state index in [1.165, 1.54) is 0 Å². The molecule has 7 heteroatoms. The lowest BCUT2D eigenvalue weighted by Crippen LogP contribution is -2.47. The lowest BCUT2D eigenvalue weighted by Gasteiger charge is -2.35. The summed E-state index contributed by atoms with van der Waals surface area (Å²) >= 11 is 1.62. The highest BCUT2D eigenvalue weighted by Crippen LogP contribution is 2.34. The van der Waals surface area contributed by atoms with E-state index in [0.717, 1.165) is 20.9 Å². The summed E-state index contributed by atoms with van der Waals surface area (Å²) in [5, 5.41) is 1.01. The molecule has 2 heterocycles. The number of sulfone groups is 1. The molecule has 0 spiro atoms. The highest BCUT2D eigenvalue weighted by atomic mass is 32.2. The number of hydrogen-bond donors (Lipinski definition) is 1. The standard InChI is InChI=1S/C13H17N3O2S2/c1-8-7-20(17,18)4-3-16(8)12-6-11-13(5-10(12)14)19-9(2)15-11/h5-6,8H,3-4,7,14H2,1-2H3. The number of hydrogen-bond acceptors (Lipinski definition) is 6. The van der Waals surface area contributed by atoms with Gasteiger partial charge < -0.3 is 10.6 Å². The summed E-state index contributed by atoms with van der Waals surface area (Å²) < 4.78 is 24.4.